The summed E-state index contributed by atoms with van der Waals surface area (Å²) in [6, 6.07) is 15.9. The number of pyridine rings is 1. The van der Waals surface area contributed by atoms with Gasteiger partial charge >= 0.3 is 24.3 Å². The van der Waals surface area contributed by atoms with Crippen LogP contribution in [-0.2, 0) is 15.8 Å². The molecule has 47 heavy (non-hydrogen) atoms. The fourth-order valence-electron chi connectivity index (χ4n) is 5.53. The zero-order valence-corrected chi connectivity index (χ0v) is 25.4. The molecule has 1 aliphatic carbocycles. The molecule has 2 N–H and O–H groups in total. The van der Waals surface area contributed by atoms with Gasteiger partial charge in [0, 0.05) is 36.6 Å². The van der Waals surface area contributed by atoms with Crippen LogP contribution in [0.15, 0.2) is 60.8 Å². The standard InChI is InChI=1S/C31H33F3N2O4.C2HF3O2/c1-39-24-7-8-26(23-9-12-35-29(16-23)31(32,33)34)28(17-24)36-13-10-20(11-14-36)19-40-25-4-2-3-22(15-25)27(18-30(37)38)21-5-6-21;3-2(4,5)1(6)7/h2-4,7-9,12,15-17,20-21,27H,5-6,10-11,13-14,18-19H2,1H3,(H,37,38);(H,6,7)/t27-;/m0./s1. The van der Waals surface area contributed by atoms with Gasteiger partial charge in [-0.15, -0.1) is 0 Å². The molecule has 0 bridgehead atoms. The smallest absolute Gasteiger partial charge is 0.490 e. The van der Waals surface area contributed by atoms with Crippen LogP contribution in [0.3, 0.4) is 0 Å². The molecule has 3 aromatic rings. The number of alkyl halides is 6. The van der Waals surface area contributed by atoms with Crippen molar-refractivity contribution in [3.63, 3.8) is 0 Å². The number of carboxylic acids is 2. The Hall–Kier alpha value is -4.49. The Balaban J connectivity index is 0.000000644. The third-order valence-corrected chi connectivity index (χ3v) is 8.12. The van der Waals surface area contributed by atoms with E-state index in [0.29, 0.717) is 35.3 Å². The summed E-state index contributed by atoms with van der Waals surface area (Å²) < 4.78 is 83.3. The highest BCUT2D eigenvalue weighted by Gasteiger charge is 2.38. The second-order valence-corrected chi connectivity index (χ2v) is 11.5. The number of hydrogen-bond donors (Lipinski definition) is 2. The van der Waals surface area contributed by atoms with Crippen LogP contribution < -0.4 is 14.4 Å². The minimum atomic E-state index is -5.08. The van der Waals surface area contributed by atoms with Crippen LogP contribution in [0, 0.1) is 11.8 Å². The van der Waals surface area contributed by atoms with Crippen molar-refractivity contribution in [2.45, 2.75) is 50.4 Å². The Kier molecular flexibility index (Phi) is 11.2. The molecule has 1 aliphatic heterocycles. The van der Waals surface area contributed by atoms with E-state index in [2.05, 4.69) is 9.88 Å². The van der Waals surface area contributed by atoms with E-state index in [0.717, 1.165) is 61.8 Å². The summed E-state index contributed by atoms with van der Waals surface area (Å²) in [6.07, 6.45) is -4.40. The van der Waals surface area contributed by atoms with Gasteiger partial charge in [-0.25, -0.2) is 4.79 Å². The Morgan fingerprint density at radius 2 is 1.62 bits per heavy atom. The summed E-state index contributed by atoms with van der Waals surface area (Å²) in [4.78, 5) is 26.0. The number of methoxy groups -OCH3 is 1. The summed E-state index contributed by atoms with van der Waals surface area (Å²) >= 11 is 0. The van der Waals surface area contributed by atoms with Gasteiger partial charge in [-0.1, -0.05) is 12.1 Å². The predicted molar refractivity (Wildman–Crippen MR) is 160 cm³/mol. The first-order chi connectivity index (χ1) is 22.2. The second-order valence-electron chi connectivity index (χ2n) is 11.5. The molecule has 0 radical (unpaired) electrons. The lowest BCUT2D eigenvalue weighted by Crippen LogP contribution is -2.35. The molecule has 1 aromatic heterocycles. The number of rotatable bonds is 10. The lowest BCUT2D eigenvalue weighted by Gasteiger charge is -2.35. The maximum Gasteiger partial charge on any atom is 0.490 e. The van der Waals surface area contributed by atoms with E-state index in [-0.39, 0.29) is 12.3 Å². The number of halogens is 6. The summed E-state index contributed by atoms with van der Waals surface area (Å²) in [5, 5.41) is 16.5. The first-order valence-corrected chi connectivity index (χ1v) is 14.9. The number of aliphatic carboxylic acids is 2. The molecule has 1 saturated carbocycles. The van der Waals surface area contributed by atoms with Gasteiger partial charge in [0.1, 0.15) is 17.2 Å². The van der Waals surface area contributed by atoms with E-state index < -0.39 is 30.0 Å². The SMILES string of the molecule is COc1ccc(-c2ccnc(C(F)(F)F)c2)c(N2CCC(COc3cccc([C@@H](CC(=O)O)C4CC4)c3)CC2)c1.O=C(O)C(F)(F)F. The molecule has 2 aliphatic rings. The molecule has 14 heteroatoms. The number of hydrogen-bond acceptors (Lipinski definition) is 6. The third-order valence-electron chi connectivity index (χ3n) is 8.12. The van der Waals surface area contributed by atoms with Crippen molar-refractivity contribution < 1.29 is 55.6 Å². The van der Waals surface area contributed by atoms with Crippen molar-refractivity contribution in [2.24, 2.45) is 11.8 Å². The first kappa shape index (κ1) is 35.4. The van der Waals surface area contributed by atoms with Crippen molar-refractivity contribution >= 4 is 17.6 Å². The molecule has 2 aromatic carbocycles. The Morgan fingerprint density at radius 1 is 0.936 bits per heavy atom. The number of nitrogens with zero attached hydrogens (tertiary/aromatic N) is 2. The number of piperidine rings is 1. The van der Waals surface area contributed by atoms with Gasteiger partial charge in [0.2, 0.25) is 0 Å². The average Bonchev–Trinajstić information content (AvgIpc) is 3.88. The van der Waals surface area contributed by atoms with Crippen molar-refractivity contribution in [3.8, 4) is 22.6 Å². The number of carbonyl (C=O) groups is 2. The summed E-state index contributed by atoms with van der Waals surface area (Å²) in [5.41, 5.74) is 2.09. The van der Waals surface area contributed by atoms with E-state index in [9.17, 15) is 36.2 Å². The Morgan fingerprint density at radius 3 is 2.19 bits per heavy atom. The predicted octanol–water partition coefficient (Wildman–Crippen LogP) is 7.67. The van der Waals surface area contributed by atoms with Gasteiger partial charge < -0.3 is 24.6 Å². The number of aromatic nitrogens is 1. The number of ether oxygens (including phenoxy) is 2. The highest BCUT2D eigenvalue weighted by atomic mass is 19.4. The summed E-state index contributed by atoms with van der Waals surface area (Å²) in [6.45, 7) is 2.01. The largest absolute Gasteiger partial charge is 0.497 e. The molecule has 1 atom stereocenters. The third kappa shape index (κ3) is 10.00. The number of benzene rings is 2. The zero-order chi connectivity index (χ0) is 34.4. The Labute approximate surface area is 266 Å². The maximum atomic E-state index is 13.3. The molecule has 0 unspecified atom stereocenters. The van der Waals surface area contributed by atoms with Crippen LogP contribution in [0.1, 0.15) is 49.3 Å². The topological polar surface area (TPSA) is 109 Å². The Bertz CT molecular complexity index is 1530. The van der Waals surface area contributed by atoms with Crippen LogP contribution in [-0.4, -0.2) is 60.1 Å². The molecule has 8 nitrogen and oxygen atoms in total. The van der Waals surface area contributed by atoms with Crippen LogP contribution in [0.2, 0.25) is 0 Å². The van der Waals surface area contributed by atoms with E-state index in [1.165, 1.54) is 6.20 Å². The lowest BCUT2D eigenvalue weighted by molar-refractivity contribution is -0.192. The fraction of sp³-hybridized carbons (Fsp3) is 0.424. The highest BCUT2D eigenvalue weighted by Crippen LogP contribution is 2.45. The minimum Gasteiger partial charge on any atom is -0.497 e. The van der Waals surface area contributed by atoms with Gasteiger partial charge in [0.05, 0.1) is 20.1 Å². The van der Waals surface area contributed by atoms with Crippen molar-refractivity contribution in [1.82, 2.24) is 4.98 Å². The van der Waals surface area contributed by atoms with Gasteiger partial charge in [-0.3, -0.25) is 9.78 Å². The van der Waals surface area contributed by atoms with Gasteiger partial charge in [0.25, 0.3) is 0 Å². The second kappa shape index (κ2) is 14.9. The molecule has 0 amide bonds. The summed E-state index contributed by atoms with van der Waals surface area (Å²) in [7, 11) is 1.57. The van der Waals surface area contributed by atoms with Crippen LogP contribution in [0.25, 0.3) is 11.1 Å². The molecule has 1 saturated heterocycles. The normalized spacial score (nSPS) is 16.1. The molecular weight excluding hydrogens is 634 g/mol. The molecule has 254 valence electrons. The average molecular weight is 669 g/mol. The fourth-order valence-corrected chi connectivity index (χ4v) is 5.53. The number of carboxylic acid groups (broad SMARTS) is 2. The van der Waals surface area contributed by atoms with Gasteiger partial charge in [0.15, 0.2) is 0 Å². The van der Waals surface area contributed by atoms with Crippen LogP contribution in [0.5, 0.6) is 11.5 Å². The number of anilines is 1. The van der Waals surface area contributed by atoms with E-state index in [1.807, 2.05) is 30.3 Å². The molecule has 2 heterocycles. The monoisotopic (exact) mass is 668 g/mol. The quantitative estimate of drug-likeness (QED) is 0.212. The van der Waals surface area contributed by atoms with Crippen LogP contribution >= 0.6 is 0 Å². The first-order valence-electron chi connectivity index (χ1n) is 14.9. The van der Waals surface area contributed by atoms with Crippen molar-refractivity contribution in [3.05, 3.63) is 72.1 Å². The van der Waals surface area contributed by atoms with E-state index in [4.69, 9.17) is 19.4 Å². The molecular formula is C33H34F6N2O6. The van der Waals surface area contributed by atoms with Crippen molar-refractivity contribution in [1.29, 1.82) is 0 Å². The van der Waals surface area contributed by atoms with Gasteiger partial charge in [-0.05, 0) is 91.0 Å². The van der Waals surface area contributed by atoms with E-state index in [1.54, 1.807) is 25.3 Å². The maximum absolute atomic E-state index is 13.3. The van der Waals surface area contributed by atoms with Gasteiger partial charge in [-0.2, -0.15) is 26.3 Å². The minimum absolute atomic E-state index is 0.0222. The molecule has 0 spiro atoms. The lowest BCUT2D eigenvalue weighted by atomic mass is 9.91. The van der Waals surface area contributed by atoms with E-state index >= 15 is 0 Å². The molecule has 5 rings (SSSR count). The molecule has 2 fully saturated rings. The van der Waals surface area contributed by atoms with Crippen molar-refractivity contribution in [2.75, 3.05) is 31.7 Å². The highest BCUT2D eigenvalue weighted by molar-refractivity contribution is 5.80. The zero-order valence-electron chi connectivity index (χ0n) is 25.4. The van der Waals surface area contributed by atoms with Crippen LogP contribution in [0.4, 0.5) is 32.0 Å². The summed E-state index contributed by atoms with van der Waals surface area (Å²) in [5.74, 6) is -1.36.